The van der Waals surface area contributed by atoms with Gasteiger partial charge in [0.05, 0.1) is 0 Å². The van der Waals surface area contributed by atoms with E-state index in [1.807, 2.05) is 36.2 Å². The number of hydrogen-bond acceptors (Lipinski definition) is 5. The molecule has 0 atom stereocenters. The molecule has 0 aliphatic rings. The van der Waals surface area contributed by atoms with Crippen LogP contribution in [-0.2, 0) is 0 Å². The average Bonchev–Trinajstić information content (AvgIpc) is 2.52. The van der Waals surface area contributed by atoms with Crippen molar-refractivity contribution in [3.63, 3.8) is 0 Å². The third-order valence-electron chi connectivity index (χ3n) is 3.19. The van der Waals surface area contributed by atoms with Gasteiger partial charge in [-0.15, -0.1) is 0 Å². The van der Waals surface area contributed by atoms with E-state index in [4.69, 9.17) is 0 Å². The maximum atomic E-state index is 4.56. The van der Waals surface area contributed by atoms with Crippen LogP contribution in [0.5, 0.6) is 0 Å². The van der Waals surface area contributed by atoms with Crippen LogP contribution in [0.25, 0.3) is 0 Å². The second kappa shape index (κ2) is 7.59. The highest BCUT2D eigenvalue weighted by Gasteiger charge is 2.06. The minimum absolute atomic E-state index is 0.675. The van der Waals surface area contributed by atoms with E-state index in [2.05, 4.69) is 46.4 Å². The zero-order valence-corrected chi connectivity index (χ0v) is 13.0. The van der Waals surface area contributed by atoms with Crippen molar-refractivity contribution in [3.8, 4) is 0 Å². The van der Waals surface area contributed by atoms with Crippen LogP contribution in [0.15, 0.2) is 42.6 Å². The second-order valence-corrected chi connectivity index (χ2v) is 5.22. The number of benzene rings is 1. The summed E-state index contributed by atoms with van der Waals surface area (Å²) in [7, 11) is 6.16. The van der Waals surface area contributed by atoms with Gasteiger partial charge in [-0.1, -0.05) is 18.2 Å². The molecule has 0 bridgehead atoms. The Bertz CT molecular complexity index is 541. The summed E-state index contributed by atoms with van der Waals surface area (Å²) in [6, 6.07) is 12.1. The van der Waals surface area contributed by atoms with Gasteiger partial charge in [0.15, 0.2) is 0 Å². The molecule has 0 spiro atoms. The zero-order valence-electron chi connectivity index (χ0n) is 13.0. The Kier molecular flexibility index (Phi) is 5.51. The van der Waals surface area contributed by atoms with E-state index < -0.39 is 0 Å². The summed E-state index contributed by atoms with van der Waals surface area (Å²) in [5.41, 5.74) is 1.11. The first-order valence-electron chi connectivity index (χ1n) is 7.17. The van der Waals surface area contributed by atoms with Gasteiger partial charge in [0.1, 0.15) is 5.82 Å². The minimum Gasteiger partial charge on any atom is -0.354 e. The lowest BCUT2D eigenvalue weighted by Gasteiger charge is -2.18. The molecule has 1 N–H and O–H groups in total. The van der Waals surface area contributed by atoms with Gasteiger partial charge in [0.2, 0.25) is 5.95 Å². The van der Waals surface area contributed by atoms with Crippen LogP contribution in [0.1, 0.15) is 6.42 Å². The summed E-state index contributed by atoms with van der Waals surface area (Å²) in [5.74, 6) is 1.56. The number of nitrogens with one attached hydrogen (secondary N) is 1. The van der Waals surface area contributed by atoms with E-state index in [1.165, 1.54) is 0 Å². The van der Waals surface area contributed by atoms with Crippen LogP contribution in [0.3, 0.4) is 0 Å². The number of hydrogen-bond donors (Lipinski definition) is 1. The predicted molar refractivity (Wildman–Crippen MR) is 88.2 cm³/mol. The quantitative estimate of drug-likeness (QED) is 0.792. The number of para-hydroxylation sites is 1. The molecule has 0 radical (unpaired) electrons. The first kappa shape index (κ1) is 15.3. The van der Waals surface area contributed by atoms with E-state index in [0.717, 1.165) is 31.0 Å². The first-order chi connectivity index (χ1) is 10.2. The monoisotopic (exact) mass is 285 g/mol. The molecule has 112 valence electrons. The van der Waals surface area contributed by atoms with Gasteiger partial charge >= 0.3 is 0 Å². The summed E-state index contributed by atoms with van der Waals surface area (Å²) in [5, 5.41) is 3.27. The SMILES string of the molecule is CN(C)CCCNc1nccc(N(C)c2ccccc2)n1. The molecule has 0 aliphatic carbocycles. The van der Waals surface area contributed by atoms with Crippen molar-refractivity contribution in [2.75, 3.05) is 44.4 Å². The maximum absolute atomic E-state index is 4.56. The van der Waals surface area contributed by atoms with Gasteiger partial charge in [0.25, 0.3) is 0 Å². The Morgan fingerprint density at radius 1 is 1.05 bits per heavy atom. The van der Waals surface area contributed by atoms with Gasteiger partial charge < -0.3 is 15.1 Å². The van der Waals surface area contributed by atoms with E-state index in [9.17, 15) is 0 Å². The third-order valence-corrected chi connectivity index (χ3v) is 3.19. The van der Waals surface area contributed by atoms with Crippen molar-refractivity contribution in [3.05, 3.63) is 42.6 Å². The lowest BCUT2D eigenvalue weighted by molar-refractivity contribution is 0.405. The number of nitrogens with zero attached hydrogens (tertiary/aromatic N) is 4. The van der Waals surface area contributed by atoms with Crippen LogP contribution in [-0.4, -0.2) is 49.1 Å². The van der Waals surface area contributed by atoms with Crippen LogP contribution in [0.4, 0.5) is 17.5 Å². The fraction of sp³-hybridized carbons (Fsp3) is 0.375. The van der Waals surface area contributed by atoms with Crippen LogP contribution >= 0.6 is 0 Å². The fourth-order valence-electron chi connectivity index (χ4n) is 2.00. The topological polar surface area (TPSA) is 44.3 Å². The van der Waals surface area contributed by atoms with Gasteiger partial charge in [-0.25, -0.2) is 4.98 Å². The first-order valence-corrected chi connectivity index (χ1v) is 7.17. The summed E-state index contributed by atoms with van der Waals surface area (Å²) < 4.78 is 0. The van der Waals surface area contributed by atoms with Gasteiger partial charge in [-0.05, 0) is 45.3 Å². The Hall–Kier alpha value is -2.14. The van der Waals surface area contributed by atoms with Crippen molar-refractivity contribution in [2.24, 2.45) is 0 Å². The van der Waals surface area contributed by atoms with E-state index in [1.54, 1.807) is 6.20 Å². The molecule has 5 nitrogen and oxygen atoms in total. The van der Waals surface area contributed by atoms with Crippen molar-refractivity contribution >= 4 is 17.5 Å². The van der Waals surface area contributed by atoms with Gasteiger partial charge in [0, 0.05) is 25.5 Å². The van der Waals surface area contributed by atoms with Crippen molar-refractivity contribution in [2.45, 2.75) is 6.42 Å². The molecule has 0 unspecified atom stereocenters. The Morgan fingerprint density at radius 2 is 1.81 bits per heavy atom. The van der Waals surface area contributed by atoms with Crippen molar-refractivity contribution < 1.29 is 0 Å². The summed E-state index contributed by atoms with van der Waals surface area (Å²) in [6.45, 7) is 1.92. The highest BCUT2D eigenvalue weighted by Crippen LogP contribution is 2.21. The molecule has 0 amide bonds. The van der Waals surface area contributed by atoms with Crippen LogP contribution < -0.4 is 10.2 Å². The molecule has 1 heterocycles. The Morgan fingerprint density at radius 3 is 2.52 bits per heavy atom. The normalized spacial score (nSPS) is 10.7. The molecule has 5 heteroatoms. The summed E-state index contributed by atoms with van der Waals surface area (Å²) in [4.78, 5) is 13.0. The molecule has 0 fully saturated rings. The molecule has 0 aliphatic heterocycles. The van der Waals surface area contributed by atoms with Crippen LogP contribution in [0, 0.1) is 0 Å². The average molecular weight is 285 g/mol. The highest BCUT2D eigenvalue weighted by molar-refractivity contribution is 5.59. The predicted octanol–water partition coefficient (Wildman–Crippen LogP) is 2.61. The third kappa shape index (κ3) is 4.72. The molecule has 21 heavy (non-hydrogen) atoms. The molecule has 0 saturated heterocycles. The van der Waals surface area contributed by atoms with E-state index in [0.29, 0.717) is 5.95 Å². The van der Waals surface area contributed by atoms with Crippen molar-refractivity contribution in [1.82, 2.24) is 14.9 Å². The zero-order chi connectivity index (χ0) is 15.1. The molecule has 2 rings (SSSR count). The Labute approximate surface area is 126 Å². The smallest absolute Gasteiger partial charge is 0.224 e. The number of anilines is 3. The molecule has 1 aromatic heterocycles. The molecular formula is C16H23N5. The van der Waals surface area contributed by atoms with E-state index >= 15 is 0 Å². The fourth-order valence-corrected chi connectivity index (χ4v) is 2.00. The number of rotatable bonds is 7. The largest absolute Gasteiger partial charge is 0.354 e. The maximum Gasteiger partial charge on any atom is 0.224 e. The lowest BCUT2D eigenvalue weighted by atomic mass is 10.3. The summed E-state index contributed by atoms with van der Waals surface area (Å²) >= 11 is 0. The molecule has 0 saturated carbocycles. The van der Waals surface area contributed by atoms with E-state index in [-0.39, 0.29) is 0 Å². The molecular weight excluding hydrogens is 262 g/mol. The minimum atomic E-state index is 0.675. The van der Waals surface area contributed by atoms with Crippen molar-refractivity contribution in [1.29, 1.82) is 0 Å². The van der Waals surface area contributed by atoms with Gasteiger partial charge in [-0.3, -0.25) is 0 Å². The number of aromatic nitrogens is 2. The second-order valence-electron chi connectivity index (χ2n) is 5.22. The molecule has 1 aromatic carbocycles. The highest BCUT2D eigenvalue weighted by atomic mass is 15.2. The summed E-state index contributed by atoms with van der Waals surface area (Å²) in [6.07, 6.45) is 2.85. The standard InChI is InChI=1S/C16H23N5/c1-20(2)13-7-11-17-16-18-12-10-15(19-16)21(3)14-8-5-4-6-9-14/h4-6,8-10,12H,7,11,13H2,1-3H3,(H,17,18,19). The lowest BCUT2D eigenvalue weighted by Crippen LogP contribution is -2.17. The molecule has 2 aromatic rings. The van der Waals surface area contributed by atoms with Crippen LogP contribution in [0.2, 0.25) is 0 Å². The van der Waals surface area contributed by atoms with Gasteiger partial charge in [-0.2, -0.15) is 4.98 Å². The Balaban J connectivity index is 1.97.